The van der Waals surface area contributed by atoms with Crippen molar-refractivity contribution in [2.24, 2.45) is 0 Å². The molecule has 4 aromatic carbocycles. The van der Waals surface area contributed by atoms with Gasteiger partial charge in [-0.3, -0.25) is 0 Å². The molecule has 0 amide bonds. The number of carbonyl (C=O) groups excluding carboxylic acids is 1. The number of benzene rings is 4. The molecule has 1 heterocycles. The van der Waals surface area contributed by atoms with Gasteiger partial charge in [-0.15, -0.1) is 0 Å². The number of ether oxygens (including phenoxy) is 1. The second kappa shape index (κ2) is 12.7. The lowest BCUT2D eigenvalue weighted by atomic mass is 10.0. The zero-order chi connectivity index (χ0) is 27.4. The molecule has 1 aromatic heterocycles. The van der Waals surface area contributed by atoms with Gasteiger partial charge in [-0.2, -0.15) is 0 Å². The number of nitrogens with two attached hydrogens (primary N) is 1. The predicted octanol–water partition coefficient (Wildman–Crippen LogP) is 8.75. The summed E-state index contributed by atoms with van der Waals surface area (Å²) in [5.74, 6) is 0.391. The number of halogens is 2. The molecule has 5 nitrogen and oxygen atoms in total. The number of methoxy groups -OCH3 is 1. The van der Waals surface area contributed by atoms with Crippen LogP contribution in [0, 0.1) is 0 Å². The lowest BCUT2D eigenvalue weighted by Gasteiger charge is -2.07. The van der Waals surface area contributed by atoms with E-state index >= 15 is 0 Å². The minimum Gasteiger partial charge on any atom is -0.465 e. The fraction of sp³-hybridized carbons (Fsp3) is 0.0909. The molecule has 5 rings (SSSR count). The number of imidazole rings is 1. The molecule has 0 aliphatic rings. The van der Waals surface area contributed by atoms with Crippen molar-refractivity contribution in [2.45, 2.75) is 14.0 Å². The fourth-order valence-corrected chi connectivity index (χ4v) is 4.76. The normalized spacial score (nSPS) is 10.9. The van der Waals surface area contributed by atoms with Crippen LogP contribution in [0.15, 0.2) is 97.2 Å². The van der Waals surface area contributed by atoms with E-state index in [4.69, 9.17) is 38.7 Å². The molecule has 0 radical (unpaired) electrons. The average molecular weight is 571 g/mol. The molecule has 2 N–H and O–H groups in total. The van der Waals surface area contributed by atoms with E-state index in [0.717, 1.165) is 45.0 Å². The molecular weight excluding hydrogens is 541 g/mol. The number of anilines is 1. The summed E-state index contributed by atoms with van der Waals surface area (Å²) in [6.07, 6.45) is 5.97. The number of nitrogens with zero attached hydrogens (tertiary/aromatic N) is 2. The minimum atomic E-state index is -0.366. The number of carbonyl (C=O) groups is 1. The molecule has 5 aromatic rings. The third kappa shape index (κ3) is 6.63. The monoisotopic (exact) mass is 569 g/mol. The number of nitrogen functional groups attached to an aromatic ring is 1. The van der Waals surface area contributed by atoms with E-state index in [1.54, 1.807) is 24.3 Å². The third-order valence-corrected chi connectivity index (χ3v) is 6.85. The maximum Gasteiger partial charge on any atom is 0.337 e. The van der Waals surface area contributed by atoms with Gasteiger partial charge in [0.25, 0.3) is 0 Å². The van der Waals surface area contributed by atoms with Crippen molar-refractivity contribution >= 4 is 47.0 Å². The Hall–Kier alpha value is -4.32. The highest BCUT2D eigenvalue weighted by atomic mass is 35.5. The molecule has 0 saturated heterocycles. The highest BCUT2D eigenvalue weighted by Crippen LogP contribution is 2.30. The Balaban J connectivity index is 0.00000370. The fourth-order valence-electron chi connectivity index (χ4n) is 4.25. The lowest BCUT2D eigenvalue weighted by Crippen LogP contribution is -2.03. The van der Waals surface area contributed by atoms with Crippen LogP contribution in [0.1, 0.15) is 34.7 Å². The summed E-state index contributed by atoms with van der Waals surface area (Å²) in [4.78, 5) is 16.7. The number of esters is 1. The van der Waals surface area contributed by atoms with Crippen LogP contribution in [0.25, 0.3) is 34.5 Å². The van der Waals surface area contributed by atoms with Crippen LogP contribution in [-0.2, 0) is 11.3 Å². The number of aromatic nitrogens is 2. The summed E-state index contributed by atoms with van der Waals surface area (Å²) < 4.78 is 6.85. The zero-order valence-electron chi connectivity index (χ0n) is 21.1. The quantitative estimate of drug-likeness (QED) is 0.157. The standard InChI is InChI=1S/C32H25Cl2N3O2.CH4/c1-39-32(38)24-12-7-22(8-13-24)19-37-20-30(28-15-14-26(33)18-29(28)34)36-31(37)16-9-21-5-10-23(11-6-21)25-3-2-4-27(35)17-25;/h2-18,20H,19,35H2,1H3;1H4. The van der Waals surface area contributed by atoms with Gasteiger partial charge in [0, 0.05) is 29.0 Å². The van der Waals surface area contributed by atoms with Gasteiger partial charge in [0.15, 0.2) is 0 Å². The largest absolute Gasteiger partial charge is 0.465 e. The van der Waals surface area contributed by atoms with Gasteiger partial charge in [0.2, 0.25) is 0 Å². The van der Waals surface area contributed by atoms with Crippen LogP contribution in [0.2, 0.25) is 10.0 Å². The molecule has 0 aliphatic heterocycles. The first-order valence-electron chi connectivity index (χ1n) is 12.2. The van der Waals surface area contributed by atoms with Gasteiger partial charge < -0.3 is 15.0 Å². The Morgan fingerprint density at radius 1 is 0.925 bits per heavy atom. The van der Waals surface area contributed by atoms with Crippen LogP contribution in [0.4, 0.5) is 5.69 Å². The van der Waals surface area contributed by atoms with Gasteiger partial charge in [0.05, 0.1) is 23.4 Å². The van der Waals surface area contributed by atoms with E-state index in [-0.39, 0.29) is 13.4 Å². The third-order valence-electron chi connectivity index (χ3n) is 6.30. The molecule has 0 saturated carbocycles. The maximum atomic E-state index is 11.8. The van der Waals surface area contributed by atoms with Crippen LogP contribution in [0.3, 0.4) is 0 Å². The van der Waals surface area contributed by atoms with Crippen molar-refractivity contribution < 1.29 is 9.53 Å². The summed E-state index contributed by atoms with van der Waals surface area (Å²) in [6.45, 7) is 0.549. The molecule has 7 heteroatoms. The van der Waals surface area contributed by atoms with E-state index < -0.39 is 0 Å². The predicted molar refractivity (Wildman–Crippen MR) is 167 cm³/mol. The molecule has 0 atom stereocenters. The van der Waals surface area contributed by atoms with Gasteiger partial charge >= 0.3 is 5.97 Å². The zero-order valence-corrected chi connectivity index (χ0v) is 22.7. The molecule has 0 aliphatic carbocycles. The van der Waals surface area contributed by atoms with Crippen molar-refractivity contribution in [1.82, 2.24) is 9.55 Å². The van der Waals surface area contributed by atoms with Crippen molar-refractivity contribution in [2.75, 3.05) is 12.8 Å². The molecule has 0 bridgehead atoms. The van der Waals surface area contributed by atoms with Crippen molar-refractivity contribution in [3.8, 4) is 22.4 Å². The summed E-state index contributed by atoms with van der Waals surface area (Å²) in [5.41, 5.74) is 12.9. The van der Waals surface area contributed by atoms with Gasteiger partial charge in [0.1, 0.15) is 5.82 Å². The number of hydrogen-bond acceptors (Lipinski definition) is 4. The lowest BCUT2D eigenvalue weighted by molar-refractivity contribution is 0.0600. The smallest absolute Gasteiger partial charge is 0.337 e. The maximum absolute atomic E-state index is 11.8. The molecule has 0 fully saturated rings. The Kier molecular flexibility index (Phi) is 9.10. The topological polar surface area (TPSA) is 70.1 Å². The highest BCUT2D eigenvalue weighted by molar-refractivity contribution is 6.36. The van der Waals surface area contributed by atoms with Crippen LogP contribution >= 0.6 is 23.2 Å². The second-order valence-electron chi connectivity index (χ2n) is 9.01. The number of rotatable bonds is 7. The summed E-state index contributed by atoms with van der Waals surface area (Å²) in [6, 6.07) is 28.8. The molecule has 202 valence electrons. The van der Waals surface area contributed by atoms with Gasteiger partial charge in [-0.05, 0) is 70.8 Å². The van der Waals surface area contributed by atoms with E-state index in [2.05, 4.69) is 24.3 Å². The van der Waals surface area contributed by atoms with Crippen molar-refractivity contribution in [1.29, 1.82) is 0 Å². The Morgan fingerprint density at radius 2 is 1.68 bits per heavy atom. The summed E-state index contributed by atoms with van der Waals surface area (Å²) in [7, 11) is 1.37. The first-order valence-corrected chi connectivity index (χ1v) is 13.0. The summed E-state index contributed by atoms with van der Waals surface area (Å²) >= 11 is 12.6. The number of hydrogen-bond donors (Lipinski definition) is 1. The Morgan fingerprint density at radius 3 is 2.35 bits per heavy atom. The molecule has 0 spiro atoms. The molecule has 0 unspecified atom stereocenters. The highest BCUT2D eigenvalue weighted by Gasteiger charge is 2.13. The summed E-state index contributed by atoms with van der Waals surface area (Å²) in [5, 5.41) is 1.10. The Labute approximate surface area is 244 Å². The van der Waals surface area contributed by atoms with Gasteiger partial charge in [-0.1, -0.05) is 85.2 Å². The van der Waals surface area contributed by atoms with E-state index in [0.29, 0.717) is 22.2 Å². The first-order chi connectivity index (χ1) is 18.9. The van der Waals surface area contributed by atoms with E-state index in [1.165, 1.54) is 7.11 Å². The van der Waals surface area contributed by atoms with E-state index in [1.807, 2.05) is 65.4 Å². The van der Waals surface area contributed by atoms with Crippen LogP contribution in [-0.4, -0.2) is 22.6 Å². The first kappa shape index (κ1) is 28.7. The van der Waals surface area contributed by atoms with E-state index in [9.17, 15) is 4.79 Å². The SMILES string of the molecule is C.COC(=O)c1ccc(Cn2cc(-c3ccc(Cl)cc3Cl)nc2C=Cc2ccc(-c3cccc(N)c3)cc2)cc1. The minimum absolute atomic E-state index is 0. The van der Waals surface area contributed by atoms with Crippen molar-refractivity contribution in [3.05, 3.63) is 130 Å². The van der Waals surface area contributed by atoms with Gasteiger partial charge in [-0.25, -0.2) is 9.78 Å². The van der Waals surface area contributed by atoms with Crippen LogP contribution in [0.5, 0.6) is 0 Å². The molecule has 40 heavy (non-hydrogen) atoms. The van der Waals surface area contributed by atoms with Crippen molar-refractivity contribution in [3.63, 3.8) is 0 Å². The molecular formula is C33H29Cl2N3O2. The Bertz CT molecular complexity index is 1660. The average Bonchev–Trinajstić information content (AvgIpc) is 3.34. The van der Waals surface area contributed by atoms with Crippen LogP contribution < -0.4 is 5.73 Å². The second-order valence-corrected chi connectivity index (χ2v) is 9.85.